The number of halogens is 3. The van der Waals surface area contributed by atoms with Crippen LogP contribution >= 0.6 is 39.1 Å². The molecule has 1 N–H and O–H groups in total. The highest BCUT2D eigenvalue weighted by Gasteiger charge is 1.99. The van der Waals surface area contributed by atoms with E-state index in [1.165, 1.54) is 0 Å². The summed E-state index contributed by atoms with van der Waals surface area (Å²) in [6, 6.07) is 5.48. The molecule has 72 valence electrons. The van der Waals surface area contributed by atoms with E-state index in [9.17, 15) is 0 Å². The first-order valence-corrected chi connectivity index (χ1v) is 5.82. The van der Waals surface area contributed by atoms with Gasteiger partial charge < -0.3 is 5.32 Å². The Morgan fingerprint density at radius 2 is 2.08 bits per heavy atom. The quantitative estimate of drug-likeness (QED) is 0.659. The summed E-state index contributed by atoms with van der Waals surface area (Å²) < 4.78 is 0. The molecule has 1 aromatic rings. The molecule has 0 aliphatic rings. The van der Waals surface area contributed by atoms with Gasteiger partial charge in [-0.15, -0.1) is 0 Å². The predicted octanol–water partition coefficient (Wildman–Crippen LogP) is 3.48. The molecule has 4 heteroatoms. The third-order valence-corrected chi connectivity index (χ3v) is 2.59. The first-order valence-electron chi connectivity index (χ1n) is 3.94. The summed E-state index contributed by atoms with van der Waals surface area (Å²) in [6.45, 7) is 1.67. The minimum atomic E-state index is 0.722. The summed E-state index contributed by atoms with van der Waals surface area (Å²) in [5, 5.41) is 5.64. The van der Waals surface area contributed by atoms with Crippen LogP contribution in [-0.2, 0) is 6.54 Å². The summed E-state index contributed by atoms with van der Waals surface area (Å²) in [5.74, 6) is 0. The Labute approximate surface area is 96.6 Å². The number of hydrogen-bond acceptors (Lipinski definition) is 1. The molecule has 0 saturated carbocycles. The lowest BCUT2D eigenvalue weighted by Crippen LogP contribution is -2.15. The van der Waals surface area contributed by atoms with Gasteiger partial charge in [0.15, 0.2) is 0 Å². The van der Waals surface area contributed by atoms with Crippen molar-refractivity contribution in [3.63, 3.8) is 0 Å². The van der Waals surface area contributed by atoms with Crippen LogP contribution in [0.25, 0.3) is 0 Å². The summed E-state index contributed by atoms with van der Waals surface area (Å²) in [6.07, 6.45) is 0. The number of benzene rings is 1. The molecule has 0 fully saturated rings. The highest BCUT2D eigenvalue weighted by atomic mass is 79.9. The molecule has 0 heterocycles. The standard InChI is InChI=1S/C9H10BrCl2N/c10-3-4-13-6-7-5-8(11)1-2-9(7)12/h1-2,5,13H,3-4,6H2. The van der Waals surface area contributed by atoms with Crippen LogP contribution in [0, 0.1) is 0 Å². The van der Waals surface area contributed by atoms with Gasteiger partial charge in [-0.1, -0.05) is 39.1 Å². The van der Waals surface area contributed by atoms with Gasteiger partial charge in [-0.3, -0.25) is 0 Å². The third kappa shape index (κ3) is 3.86. The molecule has 0 unspecified atom stereocenters. The SMILES string of the molecule is Clc1ccc(Cl)c(CNCCBr)c1. The molecule has 1 rings (SSSR count). The van der Waals surface area contributed by atoms with E-state index in [1.54, 1.807) is 6.07 Å². The van der Waals surface area contributed by atoms with Crippen LogP contribution in [0.1, 0.15) is 5.56 Å². The first-order chi connectivity index (χ1) is 6.24. The Morgan fingerprint density at radius 1 is 1.31 bits per heavy atom. The number of nitrogens with one attached hydrogen (secondary N) is 1. The van der Waals surface area contributed by atoms with Crippen LogP contribution in [0.15, 0.2) is 18.2 Å². The highest BCUT2D eigenvalue weighted by Crippen LogP contribution is 2.20. The summed E-state index contributed by atoms with van der Waals surface area (Å²) in [4.78, 5) is 0. The molecule has 0 aliphatic heterocycles. The summed E-state index contributed by atoms with van der Waals surface area (Å²) in [7, 11) is 0. The van der Waals surface area contributed by atoms with Crippen LogP contribution in [0.4, 0.5) is 0 Å². The fraction of sp³-hybridized carbons (Fsp3) is 0.333. The zero-order valence-electron chi connectivity index (χ0n) is 6.99. The Morgan fingerprint density at radius 3 is 2.77 bits per heavy atom. The maximum Gasteiger partial charge on any atom is 0.0451 e. The molecule has 0 amide bonds. The molecule has 0 radical (unpaired) electrons. The van der Waals surface area contributed by atoms with Gasteiger partial charge in [-0.25, -0.2) is 0 Å². The molecule has 0 atom stereocenters. The van der Waals surface area contributed by atoms with Gasteiger partial charge in [0, 0.05) is 28.5 Å². The van der Waals surface area contributed by atoms with E-state index >= 15 is 0 Å². The number of rotatable bonds is 4. The molecule has 1 nitrogen and oxygen atoms in total. The predicted molar refractivity (Wildman–Crippen MR) is 62.0 cm³/mol. The zero-order chi connectivity index (χ0) is 9.68. The fourth-order valence-electron chi connectivity index (χ4n) is 0.969. The molecule has 0 spiro atoms. The molecule has 0 aliphatic carbocycles. The van der Waals surface area contributed by atoms with Crippen molar-refractivity contribution < 1.29 is 0 Å². The largest absolute Gasteiger partial charge is 0.312 e. The molecule has 0 bridgehead atoms. The maximum atomic E-state index is 5.96. The molecular formula is C9H10BrCl2N. The smallest absolute Gasteiger partial charge is 0.0451 e. The van der Waals surface area contributed by atoms with Crippen molar-refractivity contribution in [3.8, 4) is 0 Å². The Kier molecular flexibility index (Phi) is 5.10. The highest BCUT2D eigenvalue weighted by molar-refractivity contribution is 9.09. The van der Waals surface area contributed by atoms with Gasteiger partial charge in [-0.05, 0) is 23.8 Å². The number of hydrogen-bond donors (Lipinski definition) is 1. The van der Waals surface area contributed by atoms with Crippen molar-refractivity contribution in [2.24, 2.45) is 0 Å². The second kappa shape index (κ2) is 5.86. The lowest BCUT2D eigenvalue weighted by atomic mass is 10.2. The molecule has 13 heavy (non-hydrogen) atoms. The van der Waals surface area contributed by atoms with Gasteiger partial charge in [0.1, 0.15) is 0 Å². The van der Waals surface area contributed by atoms with E-state index in [0.29, 0.717) is 0 Å². The normalized spacial score (nSPS) is 10.4. The van der Waals surface area contributed by atoms with E-state index in [0.717, 1.165) is 34.0 Å². The minimum Gasteiger partial charge on any atom is -0.312 e. The van der Waals surface area contributed by atoms with E-state index < -0.39 is 0 Å². The van der Waals surface area contributed by atoms with E-state index in [2.05, 4.69) is 21.2 Å². The molecule has 0 aromatic heterocycles. The Hall–Kier alpha value is 0.240. The van der Waals surface area contributed by atoms with Crippen molar-refractivity contribution in [2.75, 3.05) is 11.9 Å². The molecule has 1 aromatic carbocycles. The third-order valence-electron chi connectivity index (χ3n) is 1.59. The van der Waals surface area contributed by atoms with Crippen molar-refractivity contribution in [1.82, 2.24) is 5.32 Å². The van der Waals surface area contributed by atoms with Crippen molar-refractivity contribution in [3.05, 3.63) is 33.8 Å². The van der Waals surface area contributed by atoms with E-state index in [4.69, 9.17) is 23.2 Å². The Bertz CT molecular complexity index is 278. The van der Waals surface area contributed by atoms with E-state index in [1.807, 2.05) is 12.1 Å². The summed E-state index contributed by atoms with van der Waals surface area (Å²) >= 11 is 15.1. The maximum absolute atomic E-state index is 5.96. The van der Waals surface area contributed by atoms with Gasteiger partial charge in [0.05, 0.1) is 0 Å². The first kappa shape index (κ1) is 11.3. The fourth-order valence-corrected chi connectivity index (χ4v) is 1.63. The monoisotopic (exact) mass is 281 g/mol. The van der Waals surface area contributed by atoms with Crippen LogP contribution in [0.3, 0.4) is 0 Å². The molecule has 0 saturated heterocycles. The van der Waals surface area contributed by atoms with Crippen LogP contribution in [0.5, 0.6) is 0 Å². The van der Waals surface area contributed by atoms with Crippen LogP contribution in [0.2, 0.25) is 10.0 Å². The lowest BCUT2D eigenvalue weighted by molar-refractivity contribution is 0.734. The number of alkyl halides is 1. The molecular weight excluding hydrogens is 273 g/mol. The van der Waals surface area contributed by atoms with Crippen molar-refractivity contribution >= 4 is 39.1 Å². The second-order valence-electron chi connectivity index (χ2n) is 2.60. The van der Waals surface area contributed by atoms with Gasteiger partial charge in [0.2, 0.25) is 0 Å². The second-order valence-corrected chi connectivity index (χ2v) is 4.24. The van der Waals surface area contributed by atoms with E-state index in [-0.39, 0.29) is 0 Å². The topological polar surface area (TPSA) is 12.0 Å². The van der Waals surface area contributed by atoms with Gasteiger partial charge >= 0.3 is 0 Å². The van der Waals surface area contributed by atoms with Gasteiger partial charge in [-0.2, -0.15) is 0 Å². The zero-order valence-corrected chi connectivity index (χ0v) is 10.1. The average Bonchev–Trinajstić information content (AvgIpc) is 2.11. The minimum absolute atomic E-state index is 0.722. The average molecular weight is 283 g/mol. The van der Waals surface area contributed by atoms with Crippen molar-refractivity contribution in [1.29, 1.82) is 0 Å². The van der Waals surface area contributed by atoms with Crippen molar-refractivity contribution in [2.45, 2.75) is 6.54 Å². The summed E-state index contributed by atoms with van der Waals surface area (Å²) in [5.41, 5.74) is 1.04. The Balaban J connectivity index is 2.59. The lowest BCUT2D eigenvalue weighted by Gasteiger charge is -2.05. The van der Waals surface area contributed by atoms with Gasteiger partial charge in [0.25, 0.3) is 0 Å². The van der Waals surface area contributed by atoms with Crippen LogP contribution in [-0.4, -0.2) is 11.9 Å². The van der Waals surface area contributed by atoms with Crippen LogP contribution < -0.4 is 5.32 Å².